The maximum Gasteiger partial charge on any atom is 0.309 e. The first-order valence-corrected chi connectivity index (χ1v) is 5.50. The van der Waals surface area contributed by atoms with E-state index in [1.54, 1.807) is 13.8 Å². The van der Waals surface area contributed by atoms with E-state index in [2.05, 4.69) is 0 Å². The van der Waals surface area contributed by atoms with Gasteiger partial charge in [-0.25, -0.2) is 4.39 Å². The molecule has 3 nitrogen and oxygen atoms in total. The minimum atomic E-state index is -0.755. The van der Waals surface area contributed by atoms with Crippen molar-refractivity contribution in [2.45, 2.75) is 26.7 Å². The number of nitrogens with zero attached hydrogens (tertiary/aromatic N) is 1. The van der Waals surface area contributed by atoms with Crippen molar-refractivity contribution >= 4 is 5.97 Å². The molecule has 1 rings (SSSR count). The molecule has 0 spiro atoms. The van der Waals surface area contributed by atoms with E-state index >= 15 is 0 Å². The van der Waals surface area contributed by atoms with Crippen molar-refractivity contribution in [1.82, 2.24) is 4.90 Å². The number of piperidine rings is 1. The first-order valence-electron chi connectivity index (χ1n) is 5.50. The Labute approximate surface area is 90.3 Å². The van der Waals surface area contributed by atoms with E-state index in [0.717, 1.165) is 19.4 Å². The second-order valence-electron chi connectivity index (χ2n) is 4.86. The molecule has 1 N–H and O–H groups in total. The zero-order valence-corrected chi connectivity index (χ0v) is 9.50. The average molecular weight is 217 g/mol. The predicted octanol–water partition coefficient (Wildman–Crippen LogP) is 1.78. The van der Waals surface area contributed by atoms with Gasteiger partial charge in [-0.3, -0.25) is 4.79 Å². The summed E-state index contributed by atoms with van der Waals surface area (Å²) in [5.74, 6) is -0.620. The number of carboxylic acids is 1. The van der Waals surface area contributed by atoms with Crippen LogP contribution in [0.3, 0.4) is 0 Å². The maximum absolute atomic E-state index is 12.2. The van der Waals surface area contributed by atoms with Crippen LogP contribution in [0.15, 0.2) is 0 Å². The van der Waals surface area contributed by atoms with Crippen molar-refractivity contribution in [2.75, 3.05) is 26.3 Å². The summed E-state index contributed by atoms with van der Waals surface area (Å²) >= 11 is 0. The third-order valence-corrected chi connectivity index (χ3v) is 3.48. The van der Waals surface area contributed by atoms with Gasteiger partial charge in [0, 0.05) is 13.1 Å². The van der Waals surface area contributed by atoms with Crippen LogP contribution in [0.5, 0.6) is 0 Å². The lowest BCUT2D eigenvalue weighted by atomic mass is 9.74. The fourth-order valence-electron chi connectivity index (χ4n) is 2.14. The molecule has 1 aliphatic rings. The molecular weight excluding hydrogens is 197 g/mol. The predicted molar refractivity (Wildman–Crippen MR) is 56.6 cm³/mol. The number of alkyl halides is 1. The lowest BCUT2D eigenvalue weighted by Crippen LogP contribution is -2.45. The van der Waals surface area contributed by atoms with E-state index in [4.69, 9.17) is 5.11 Å². The van der Waals surface area contributed by atoms with Gasteiger partial charge in [-0.2, -0.15) is 0 Å². The van der Waals surface area contributed by atoms with E-state index in [1.165, 1.54) is 0 Å². The highest BCUT2D eigenvalue weighted by Crippen LogP contribution is 2.33. The molecule has 0 aromatic heterocycles. The van der Waals surface area contributed by atoms with Gasteiger partial charge in [0.05, 0.1) is 5.41 Å². The quantitative estimate of drug-likeness (QED) is 0.780. The molecule has 0 bridgehead atoms. The average Bonchev–Trinajstić information content (AvgIpc) is 2.18. The highest BCUT2D eigenvalue weighted by atomic mass is 19.1. The number of hydrogen-bond acceptors (Lipinski definition) is 2. The summed E-state index contributed by atoms with van der Waals surface area (Å²) in [4.78, 5) is 13.1. The molecule has 0 radical (unpaired) electrons. The molecule has 1 atom stereocenters. The van der Waals surface area contributed by atoms with Crippen LogP contribution < -0.4 is 0 Å². The number of rotatable bonds is 4. The van der Waals surface area contributed by atoms with Crippen molar-refractivity contribution in [3.63, 3.8) is 0 Å². The Kier molecular flexibility index (Phi) is 4.08. The van der Waals surface area contributed by atoms with Crippen LogP contribution in [-0.4, -0.2) is 42.3 Å². The standard InChI is InChI=1S/C11H20FNO2/c1-11(2,10(14)15)9-4-3-6-13(8-9)7-5-12/h9H,3-8H2,1-2H3,(H,14,15). The molecule has 88 valence electrons. The molecular formula is C11H20FNO2. The molecule has 1 unspecified atom stereocenters. The Bertz CT molecular complexity index is 229. The molecule has 1 heterocycles. The van der Waals surface area contributed by atoms with Crippen molar-refractivity contribution in [2.24, 2.45) is 11.3 Å². The van der Waals surface area contributed by atoms with E-state index in [1.807, 2.05) is 4.90 Å². The lowest BCUT2D eigenvalue weighted by molar-refractivity contribution is -0.151. The monoisotopic (exact) mass is 217 g/mol. The zero-order valence-electron chi connectivity index (χ0n) is 9.50. The third-order valence-electron chi connectivity index (χ3n) is 3.48. The fourth-order valence-corrected chi connectivity index (χ4v) is 2.14. The molecule has 0 aromatic rings. The van der Waals surface area contributed by atoms with E-state index < -0.39 is 11.4 Å². The van der Waals surface area contributed by atoms with Gasteiger partial charge in [0.2, 0.25) is 0 Å². The van der Waals surface area contributed by atoms with Crippen LogP contribution in [0.2, 0.25) is 0 Å². The summed E-state index contributed by atoms with van der Waals surface area (Å²) < 4.78 is 12.2. The maximum atomic E-state index is 12.2. The van der Waals surface area contributed by atoms with Crippen molar-refractivity contribution < 1.29 is 14.3 Å². The van der Waals surface area contributed by atoms with Gasteiger partial charge in [-0.1, -0.05) is 0 Å². The van der Waals surface area contributed by atoms with Gasteiger partial charge in [0.15, 0.2) is 0 Å². The Balaban J connectivity index is 2.59. The normalized spacial score (nSPS) is 24.1. The van der Waals surface area contributed by atoms with Gasteiger partial charge in [0.1, 0.15) is 6.67 Å². The van der Waals surface area contributed by atoms with E-state index in [0.29, 0.717) is 13.1 Å². The summed E-state index contributed by atoms with van der Waals surface area (Å²) in [6, 6.07) is 0. The molecule has 0 aliphatic carbocycles. The first-order chi connectivity index (χ1) is 6.98. The number of likely N-dealkylation sites (tertiary alicyclic amines) is 1. The number of hydrogen-bond donors (Lipinski definition) is 1. The zero-order chi connectivity index (χ0) is 11.5. The topological polar surface area (TPSA) is 40.5 Å². The number of carbonyl (C=O) groups is 1. The van der Waals surface area contributed by atoms with Gasteiger partial charge in [0.25, 0.3) is 0 Å². The summed E-state index contributed by atoms with van der Waals surface area (Å²) in [6.07, 6.45) is 1.91. The van der Waals surface area contributed by atoms with Crippen molar-refractivity contribution in [1.29, 1.82) is 0 Å². The Morgan fingerprint density at radius 2 is 2.27 bits per heavy atom. The fraction of sp³-hybridized carbons (Fsp3) is 0.909. The second kappa shape index (κ2) is 4.92. The Hall–Kier alpha value is -0.640. The van der Waals surface area contributed by atoms with Gasteiger partial charge in [-0.15, -0.1) is 0 Å². The molecule has 1 saturated heterocycles. The molecule has 1 aliphatic heterocycles. The number of aliphatic carboxylic acids is 1. The minimum absolute atomic E-state index is 0.135. The van der Waals surface area contributed by atoms with Crippen LogP contribution in [0, 0.1) is 11.3 Å². The third kappa shape index (κ3) is 2.91. The second-order valence-corrected chi connectivity index (χ2v) is 4.86. The van der Waals surface area contributed by atoms with Crippen LogP contribution in [0.1, 0.15) is 26.7 Å². The molecule has 0 saturated carbocycles. The summed E-state index contributed by atoms with van der Waals surface area (Å²) in [7, 11) is 0. The highest BCUT2D eigenvalue weighted by molar-refractivity contribution is 5.74. The molecule has 1 fully saturated rings. The minimum Gasteiger partial charge on any atom is -0.481 e. The SMILES string of the molecule is CC(C)(C(=O)O)C1CCCN(CCF)C1. The van der Waals surface area contributed by atoms with Crippen LogP contribution >= 0.6 is 0 Å². The van der Waals surface area contributed by atoms with Crippen molar-refractivity contribution in [3.8, 4) is 0 Å². The number of carboxylic acid groups (broad SMARTS) is 1. The first kappa shape index (κ1) is 12.4. The van der Waals surface area contributed by atoms with E-state index in [9.17, 15) is 9.18 Å². The Morgan fingerprint density at radius 1 is 1.60 bits per heavy atom. The summed E-state index contributed by atoms with van der Waals surface area (Å²) in [6.45, 7) is 5.23. The van der Waals surface area contributed by atoms with Gasteiger partial charge < -0.3 is 10.0 Å². The summed E-state index contributed by atoms with van der Waals surface area (Å²) in [5, 5.41) is 9.12. The van der Waals surface area contributed by atoms with Crippen LogP contribution in [0.4, 0.5) is 4.39 Å². The van der Waals surface area contributed by atoms with Crippen LogP contribution in [-0.2, 0) is 4.79 Å². The molecule has 4 heteroatoms. The summed E-state index contributed by atoms with van der Waals surface area (Å²) in [5.41, 5.74) is -0.699. The largest absolute Gasteiger partial charge is 0.481 e. The van der Waals surface area contributed by atoms with E-state index in [-0.39, 0.29) is 12.6 Å². The highest BCUT2D eigenvalue weighted by Gasteiger charge is 2.38. The molecule has 0 aromatic carbocycles. The molecule has 15 heavy (non-hydrogen) atoms. The Morgan fingerprint density at radius 3 is 2.80 bits per heavy atom. The number of halogens is 1. The lowest BCUT2D eigenvalue weighted by Gasteiger charge is -2.38. The molecule has 0 amide bonds. The smallest absolute Gasteiger partial charge is 0.309 e. The van der Waals surface area contributed by atoms with Crippen LogP contribution in [0.25, 0.3) is 0 Å². The van der Waals surface area contributed by atoms with Gasteiger partial charge >= 0.3 is 5.97 Å². The van der Waals surface area contributed by atoms with Crippen molar-refractivity contribution in [3.05, 3.63) is 0 Å². The van der Waals surface area contributed by atoms with Gasteiger partial charge in [-0.05, 0) is 39.2 Å².